The number of nitrogens with two attached hydrogens (primary N) is 1. The van der Waals surface area contributed by atoms with Crippen molar-refractivity contribution in [3.63, 3.8) is 0 Å². The third-order valence-corrected chi connectivity index (χ3v) is 2.45. The number of nitrogens with zero attached hydrogens (tertiary/aromatic N) is 2. The molecular formula is C11H10ClN3O. The first-order valence-corrected chi connectivity index (χ1v) is 5.00. The summed E-state index contributed by atoms with van der Waals surface area (Å²) in [5, 5.41) is 0.519. The molecule has 0 unspecified atom stereocenters. The highest BCUT2D eigenvalue weighted by atomic mass is 35.5. The number of anilines is 1. The molecule has 0 fully saturated rings. The zero-order valence-electron chi connectivity index (χ0n) is 8.64. The second-order valence-corrected chi connectivity index (χ2v) is 3.55. The predicted molar refractivity (Wildman–Crippen MR) is 63.4 cm³/mol. The first-order valence-electron chi connectivity index (χ1n) is 4.63. The molecular weight excluding hydrogens is 226 g/mol. The second kappa shape index (κ2) is 4.37. The minimum Gasteiger partial charge on any atom is -0.495 e. The fraction of sp³-hybridized carbons (Fsp3) is 0.0909. The average molecular weight is 236 g/mol. The van der Waals surface area contributed by atoms with Crippen LogP contribution in [0.15, 0.2) is 30.6 Å². The minimum absolute atomic E-state index is 0.378. The van der Waals surface area contributed by atoms with Crippen LogP contribution in [0.2, 0.25) is 5.02 Å². The van der Waals surface area contributed by atoms with Crippen molar-refractivity contribution >= 4 is 17.4 Å². The van der Waals surface area contributed by atoms with Crippen LogP contribution in [-0.2, 0) is 0 Å². The van der Waals surface area contributed by atoms with Crippen LogP contribution in [0, 0.1) is 0 Å². The number of hydrogen-bond acceptors (Lipinski definition) is 4. The number of halogens is 1. The zero-order valence-corrected chi connectivity index (χ0v) is 9.40. The van der Waals surface area contributed by atoms with Crippen LogP contribution in [0.1, 0.15) is 0 Å². The maximum Gasteiger partial charge on any atom is 0.149 e. The van der Waals surface area contributed by atoms with Gasteiger partial charge in [-0.3, -0.25) is 4.98 Å². The van der Waals surface area contributed by atoms with E-state index in [0.717, 1.165) is 5.56 Å². The minimum atomic E-state index is 0.378. The number of ether oxygens (including phenoxy) is 1. The number of methoxy groups -OCH3 is 1. The Morgan fingerprint density at radius 2 is 2.00 bits per heavy atom. The third kappa shape index (κ3) is 1.92. The fourth-order valence-corrected chi connectivity index (χ4v) is 1.64. The first kappa shape index (κ1) is 10.7. The lowest BCUT2D eigenvalue weighted by atomic mass is 10.1. The average Bonchev–Trinajstić information content (AvgIpc) is 2.29. The Morgan fingerprint density at radius 3 is 2.62 bits per heavy atom. The van der Waals surface area contributed by atoms with Crippen molar-refractivity contribution in [3.05, 3.63) is 35.6 Å². The maximum atomic E-state index is 6.02. The highest BCUT2D eigenvalue weighted by Crippen LogP contribution is 2.30. The molecule has 4 nitrogen and oxygen atoms in total. The van der Waals surface area contributed by atoms with E-state index in [1.807, 2.05) is 6.07 Å². The van der Waals surface area contributed by atoms with Gasteiger partial charge in [-0.15, -0.1) is 0 Å². The summed E-state index contributed by atoms with van der Waals surface area (Å²) in [5.41, 5.74) is 7.16. The van der Waals surface area contributed by atoms with E-state index >= 15 is 0 Å². The summed E-state index contributed by atoms with van der Waals surface area (Å²) < 4.78 is 5.07. The summed E-state index contributed by atoms with van der Waals surface area (Å²) in [5.74, 6) is 0.997. The van der Waals surface area contributed by atoms with Crippen molar-refractivity contribution in [1.82, 2.24) is 9.97 Å². The molecule has 2 aromatic rings. The molecule has 0 aliphatic rings. The van der Waals surface area contributed by atoms with Crippen molar-refractivity contribution in [3.8, 4) is 17.0 Å². The zero-order chi connectivity index (χ0) is 11.5. The normalized spacial score (nSPS) is 10.1. The Labute approximate surface area is 98.0 Å². The standard InChI is InChI=1S/C11H10ClN3O/c1-16-9-3-2-7(6-8(9)12)10-11(13)15-5-4-14-10/h2-6H,1H3,(H2,13,15). The molecule has 0 radical (unpaired) electrons. The van der Waals surface area contributed by atoms with Gasteiger partial charge < -0.3 is 10.5 Å². The Balaban J connectivity index is 2.50. The van der Waals surface area contributed by atoms with Crippen LogP contribution in [0.25, 0.3) is 11.3 Å². The number of aromatic nitrogens is 2. The van der Waals surface area contributed by atoms with Gasteiger partial charge in [0.25, 0.3) is 0 Å². The molecule has 16 heavy (non-hydrogen) atoms. The summed E-state index contributed by atoms with van der Waals surface area (Å²) in [6.07, 6.45) is 3.13. The second-order valence-electron chi connectivity index (χ2n) is 3.14. The van der Waals surface area contributed by atoms with Gasteiger partial charge in [-0.2, -0.15) is 0 Å². The van der Waals surface area contributed by atoms with E-state index in [9.17, 15) is 0 Å². The Morgan fingerprint density at radius 1 is 1.25 bits per heavy atom. The van der Waals surface area contributed by atoms with Crippen molar-refractivity contribution in [2.75, 3.05) is 12.8 Å². The molecule has 0 atom stereocenters. The summed E-state index contributed by atoms with van der Waals surface area (Å²) >= 11 is 6.02. The molecule has 1 heterocycles. The molecule has 2 N–H and O–H groups in total. The molecule has 1 aromatic carbocycles. The van der Waals surface area contributed by atoms with E-state index in [2.05, 4.69) is 9.97 Å². The summed E-state index contributed by atoms with van der Waals surface area (Å²) in [6, 6.07) is 5.36. The Kier molecular flexibility index (Phi) is 2.92. The van der Waals surface area contributed by atoms with E-state index in [4.69, 9.17) is 22.1 Å². The van der Waals surface area contributed by atoms with E-state index in [1.54, 1.807) is 31.6 Å². The number of rotatable bonds is 2. The number of hydrogen-bond donors (Lipinski definition) is 1. The molecule has 0 saturated heterocycles. The molecule has 0 aliphatic heterocycles. The van der Waals surface area contributed by atoms with Crippen molar-refractivity contribution in [1.29, 1.82) is 0 Å². The Bertz CT molecular complexity index is 516. The molecule has 5 heteroatoms. The smallest absolute Gasteiger partial charge is 0.149 e. The monoisotopic (exact) mass is 235 g/mol. The fourth-order valence-electron chi connectivity index (χ4n) is 1.38. The molecule has 0 saturated carbocycles. The summed E-state index contributed by atoms with van der Waals surface area (Å²) in [7, 11) is 1.57. The van der Waals surface area contributed by atoms with Gasteiger partial charge in [0.15, 0.2) is 0 Å². The van der Waals surface area contributed by atoms with Crippen LogP contribution in [-0.4, -0.2) is 17.1 Å². The molecule has 0 aliphatic carbocycles. The largest absolute Gasteiger partial charge is 0.495 e. The highest BCUT2D eigenvalue weighted by molar-refractivity contribution is 6.32. The molecule has 1 aromatic heterocycles. The van der Waals surface area contributed by atoms with Gasteiger partial charge in [-0.1, -0.05) is 11.6 Å². The topological polar surface area (TPSA) is 61.0 Å². The van der Waals surface area contributed by atoms with Gasteiger partial charge >= 0.3 is 0 Å². The van der Waals surface area contributed by atoms with Gasteiger partial charge in [0.05, 0.1) is 12.1 Å². The lowest BCUT2D eigenvalue weighted by Crippen LogP contribution is -1.96. The van der Waals surface area contributed by atoms with E-state index in [-0.39, 0.29) is 0 Å². The van der Waals surface area contributed by atoms with Gasteiger partial charge in [0.2, 0.25) is 0 Å². The van der Waals surface area contributed by atoms with E-state index < -0.39 is 0 Å². The third-order valence-electron chi connectivity index (χ3n) is 2.15. The molecule has 0 amide bonds. The quantitative estimate of drug-likeness (QED) is 0.868. The van der Waals surface area contributed by atoms with Crippen molar-refractivity contribution in [2.24, 2.45) is 0 Å². The first-order chi connectivity index (χ1) is 7.72. The van der Waals surface area contributed by atoms with Gasteiger partial charge in [-0.25, -0.2) is 4.98 Å². The molecule has 82 valence electrons. The maximum absolute atomic E-state index is 6.02. The van der Waals surface area contributed by atoms with Crippen molar-refractivity contribution in [2.45, 2.75) is 0 Å². The van der Waals surface area contributed by atoms with Crippen LogP contribution < -0.4 is 10.5 Å². The van der Waals surface area contributed by atoms with Gasteiger partial charge in [0.1, 0.15) is 17.3 Å². The van der Waals surface area contributed by atoms with Gasteiger partial charge in [-0.05, 0) is 18.2 Å². The van der Waals surface area contributed by atoms with E-state index in [0.29, 0.717) is 22.3 Å². The van der Waals surface area contributed by atoms with Crippen molar-refractivity contribution < 1.29 is 4.74 Å². The summed E-state index contributed by atoms with van der Waals surface area (Å²) in [4.78, 5) is 8.13. The number of nitrogen functional groups attached to an aromatic ring is 1. The highest BCUT2D eigenvalue weighted by Gasteiger charge is 2.07. The lowest BCUT2D eigenvalue weighted by Gasteiger charge is -2.06. The van der Waals surface area contributed by atoms with Crippen LogP contribution in [0.4, 0.5) is 5.82 Å². The molecule has 2 rings (SSSR count). The van der Waals surface area contributed by atoms with Crippen LogP contribution in [0.5, 0.6) is 5.75 Å². The number of benzene rings is 1. The van der Waals surface area contributed by atoms with E-state index in [1.165, 1.54) is 0 Å². The molecule has 0 bridgehead atoms. The van der Waals surface area contributed by atoms with Gasteiger partial charge in [0, 0.05) is 18.0 Å². The Hall–Kier alpha value is -1.81. The molecule has 0 spiro atoms. The van der Waals surface area contributed by atoms with Crippen LogP contribution in [0.3, 0.4) is 0 Å². The predicted octanol–water partition coefficient (Wildman–Crippen LogP) is 2.39. The summed E-state index contributed by atoms with van der Waals surface area (Å²) in [6.45, 7) is 0. The SMILES string of the molecule is COc1ccc(-c2nccnc2N)cc1Cl. The lowest BCUT2D eigenvalue weighted by molar-refractivity contribution is 0.415. The van der Waals surface area contributed by atoms with Crippen LogP contribution >= 0.6 is 11.6 Å².